The molecule has 0 saturated carbocycles. The number of nitrogens with two attached hydrogens (primary N) is 2. The molecule has 25 atom stereocenters. The van der Waals surface area contributed by atoms with Gasteiger partial charge in [0.25, 0.3) is 5.91 Å². The van der Waals surface area contributed by atoms with Crippen LogP contribution in [0.2, 0.25) is 0 Å². The van der Waals surface area contributed by atoms with Crippen molar-refractivity contribution in [3.63, 3.8) is 0 Å². The van der Waals surface area contributed by atoms with E-state index in [1.807, 2.05) is 0 Å². The van der Waals surface area contributed by atoms with E-state index >= 15 is 0 Å². The lowest BCUT2D eigenvalue weighted by Crippen LogP contribution is -2.73. The molecule has 564 valence electrons. The highest BCUT2D eigenvalue weighted by Crippen LogP contribution is 2.41. The summed E-state index contributed by atoms with van der Waals surface area (Å²) in [5.41, 5.74) is 7.54. The van der Waals surface area contributed by atoms with Crippen molar-refractivity contribution < 1.29 is 177 Å². The molecule has 5 fully saturated rings. The van der Waals surface area contributed by atoms with Gasteiger partial charge in [0.15, 0.2) is 110 Å². The molecule has 101 heavy (non-hydrogen) atoms. The number of hydrogen-bond donors (Lipinski definition) is 8. The highest BCUT2D eigenvalue weighted by molar-refractivity contribution is 6.02. The summed E-state index contributed by atoms with van der Waals surface area (Å²) in [4.78, 5) is 196. The summed E-state index contributed by atoms with van der Waals surface area (Å²) in [7, 11) is 0. The van der Waals surface area contributed by atoms with Gasteiger partial charge < -0.3 is 133 Å². The van der Waals surface area contributed by atoms with E-state index in [1.165, 1.54) is 6.92 Å². The number of Topliss-reactive ketones (excluding diaryl/α,β-unsaturated/α-hetero) is 1. The second-order valence-corrected chi connectivity index (χ2v) is 23.8. The summed E-state index contributed by atoms with van der Waals surface area (Å²) in [5.74, 6) is -15.9. The van der Waals surface area contributed by atoms with Crippen LogP contribution in [0.5, 0.6) is 0 Å². The molecular weight excluding hydrogens is 1370 g/mol. The zero-order valence-corrected chi connectivity index (χ0v) is 56.6. The van der Waals surface area contributed by atoms with Crippen molar-refractivity contribution in [2.24, 2.45) is 11.5 Å². The third-order valence-corrected chi connectivity index (χ3v) is 15.5. The van der Waals surface area contributed by atoms with Gasteiger partial charge in [0.05, 0.1) is 12.7 Å². The van der Waals surface area contributed by atoms with Gasteiger partial charge in [-0.05, 0) is 13.8 Å². The number of amides is 5. The number of rotatable bonds is 25. The van der Waals surface area contributed by atoms with Crippen molar-refractivity contribution in [1.82, 2.24) is 16.0 Å². The molecule has 6 rings (SSSR count). The Labute approximate surface area is 572 Å². The average molecular weight is 1450 g/mol. The molecule has 0 aromatic heterocycles. The molecular formula is C59H81N5O37. The van der Waals surface area contributed by atoms with Crippen LogP contribution in [0.4, 0.5) is 4.79 Å². The van der Waals surface area contributed by atoms with Crippen molar-refractivity contribution >= 4 is 89.2 Å². The highest BCUT2D eigenvalue weighted by Gasteiger charge is 2.63. The van der Waals surface area contributed by atoms with Crippen molar-refractivity contribution in [2.45, 2.75) is 256 Å². The maximum atomic E-state index is 14.3. The normalized spacial score (nSPS) is 35.3. The number of allylic oxidation sites excluding steroid dienone is 2. The molecule has 5 amide bonds. The quantitative estimate of drug-likeness (QED) is 0.0313. The zero-order valence-electron chi connectivity index (χ0n) is 56.6. The van der Waals surface area contributed by atoms with Crippen molar-refractivity contribution in [3.05, 3.63) is 11.5 Å². The predicted octanol–water partition coefficient (Wildman–Crippen LogP) is -5.23. The molecule has 5 aliphatic heterocycles. The summed E-state index contributed by atoms with van der Waals surface area (Å²) in [6.07, 6.45) is -47.7. The van der Waals surface area contributed by atoms with Crippen molar-refractivity contribution in [1.29, 1.82) is 0 Å². The predicted molar refractivity (Wildman–Crippen MR) is 314 cm³/mol. The molecule has 0 aromatic carbocycles. The first kappa shape index (κ1) is 81.1. The Morgan fingerprint density at radius 2 is 0.911 bits per heavy atom. The smallest absolute Gasteiger partial charge is 0.404 e. The van der Waals surface area contributed by atoms with Crippen LogP contribution in [0.15, 0.2) is 11.5 Å². The topological polar surface area (TPSA) is 580 Å². The van der Waals surface area contributed by atoms with Crippen LogP contribution in [0.1, 0.15) is 103 Å². The first-order chi connectivity index (χ1) is 47.1. The molecule has 0 bridgehead atoms. The standard InChI is InChI=1S/C59H81N5O37/c1-18-37(96-57-47(93-29(12)75)44(91-27(10)73)43(90-26(9)72)45(98-57)52(79)64-34-30(76)14-15-31(34)77)40(87-23(6)69)35(62-19(2)65)54(85-18)97-38-33(17-84-56-46(92-28(11)74)42(89-25(8)71)39(86-22(5)68)32(95-56)16-83-21(4)67)94-55(36(63-20(3)66)41(38)88-24(7)70)99-48-49(101-58(61)81)59(13,82)50(51(60)78)100-53(48)80/h18,32-33,35-50,53-57,76,80,82H,14-17H2,1-13H3,(H2,60,78)(H2,61,81)(H,62,65)(H,63,66)(H,64,79)/t18-,32-,33-,35-,36-,37-,38-,39-,40-,41-,42+,43-,44+,45+,46-,47-,48-,49-,50-,53?,54+,55+,56-,57-,59+/m1/s1. The SMILES string of the molecule is CC(=O)N[C@H]1[C@H](O[C@H]2[C@H](OC(C)=O)[C@@H](NC(C)=O)[C@H](O[C@H]3C(O)O[C@H](C(N)=O)[C@@](C)(O)[C@@H]3OC(N)=O)O[C@@H]2CO[C@@H]2O[C@H](COC(C)=O)[C@@H](OC(C)=O)[C@H](OC(C)=O)[C@H]2OC(C)=O)O[C@H](C)[C@@H](O[C@@H]2O[C@H](C(=O)NC3=C(O)CCC3=O)[C@H](OC(C)=O)[C@H](OC(C)=O)[C@H]2OC(C)=O)[C@@H]1OC(C)=O. The molecule has 10 N–H and O–H groups in total. The number of primary amides is 2. The van der Waals surface area contributed by atoms with Gasteiger partial charge in [-0.3, -0.25) is 67.1 Å². The Morgan fingerprint density at radius 3 is 1.39 bits per heavy atom. The Bertz CT molecular complexity index is 3200. The highest BCUT2D eigenvalue weighted by atomic mass is 16.8. The van der Waals surface area contributed by atoms with Crippen LogP contribution in [0, 0.1) is 0 Å². The summed E-state index contributed by atoms with van der Waals surface area (Å²) in [5, 5.41) is 41.0. The number of ether oxygens (including phenoxy) is 19. The Balaban J connectivity index is 1.55. The molecule has 1 aliphatic carbocycles. The van der Waals surface area contributed by atoms with E-state index in [-0.39, 0.29) is 12.8 Å². The lowest BCUT2D eigenvalue weighted by Gasteiger charge is -2.52. The monoisotopic (exact) mass is 1450 g/mol. The van der Waals surface area contributed by atoms with Gasteiger partial charge in [-0.2, -0.15) is 0 Å². The molecule has 5 heterocycles. The first-order valence-electron chi connectivity index (χ1n) is 30.9. The maximum Gasteiger partial charge on any atom is 0.404 e. The van der Waals surface area contributed by atoms with Crippen LogP contribution < -0.4 is 27.4 Å². The Hall–Kier alpha value is -8.85. The van der Waals surface area contributed by atoms with Gasteiger partial charge in [0.1, 0.15) is 60.2 Å². The number of aliphatic hydroxyl groups excluding tert-OH is 2. The lowest BCUT2D eigenvalue weighted by atomic mass is 9.85. The van der Waals surface area contributed by atoms with Gasteiger partial charge in [-0.1, -0.05) is 0 Å². The second kappa shape index (κ2) is 34.7. The summed E-state index contributed by atoms with van der Waals surface area (Å²) >= 11 is 0. The zero-order chi connectivity index (χ0) is 75.6. The van der Waals surface area contributed by atoms with Gasteiger partial charge in [0, 0.05) is 89.0 Å². The third kappa shape index (κ3) is 20.9. The third-order valence-electron chi connectivity index (χ3n) is 15.5. The molecule has 42 nitrogen and oxygen atoms in total. The maximum absolute atomic E-state index is 14.3. The second-order valence-electron chi connectivity index (χ2n) is 23.8. The van der Waals surface area contributed by atoms with Crippen molar-refractivity contribution in [3.8, 4) is 0 Å². The first-order valence-corrected chi connectivity index (χ1v) is 30.9. The summed E-state index contributed by atoms with van der Waals surface area (Å²) in [6.45, 7) is 10.2. The fourth-order valence-corrected chi connectivity index (χ4v) is 11.9. The van der Waals surface area contributed by atoms with Gasteiger partial charge in [0.2, 0.25) is 17.7 Å². The van der Waals surface area contributed by atoms with Gasteiger partial charge in [-0.25, -0.2) is 4.79 Å². The number of hydrogen-bond acceptors (Lipinski definition) is 37. The van der Waals surface area contributed by atoms with Crippen molar-refractivity contribution in [2.75, 3.05) is 13.2 Å². The van der Waals surface area contributed by atoms with E-state index < -0.39 is 267 Å². The number of carbonyl (C=O) groups excluding carboxylic acids is 15. The fraction of sp³-hybridized carbons (Fsp3) is 0.712. The minimum Gasteiger partial charge on any atom is -0.510 e. The number of nitrogens with one attached hydrogen (secondary N) is 3. The van der Waals surface area contributed by atoms with E-state index in [9.17, 15) is 87.2 Å². The van der Waals surface area contributed by atoms with E-state index in [1.54, 1.807) is 0 Å². The molecule has 0 aromatic rings. The minimum atomic E-state index is -2.76. The van der Waals surface area contributed by atoms with Crippen LogP contribution in [0.3, 0.4) is 0 Å². The number of ketones is 1. The van der Waals surface area contributed by atoms with Crippen LogP contribution in [-0.2, 0) is 157 Å². The lowest BCUT2D eigenvalue weighted by molar-refractivity contribution is -0.376. The van der Waals surface area contributed by atoms with E-state index in [0.717, 1.165) is 83.1 Å². The summed E-state index contributed by atoms with van der Waals surface area (Å²) < 4.78 is 112. The Morgan fingerprint density at radius 1 is 0.485 bits per heavy atom. The van der Waals surface area contributed by atoms with Crippen LogP contribution in [-0.4, -0.2) is 271 Å². The van der Waals surface area contributed by atoms with Crippen LogP contribution >= 0.6 is 0 Å². The fourth-order valence-electron chi connectivity index (χ4n) is 11.9. The molecule has 0 radical (unpaired) electrons. The van der Waals surface area contributed by atoms with E-state index in [4.69, 9.17) is 101 Å². The molecule has 5 saturated heterocycles. The van der Waals surface area contributed by atoms with Gasteiger partial charge in [-0.15, -0.1) is 0 Å². The molecule has 1 unspecified atom stereocenters. The van der Waals surface area contributed by atoms with Crippen LogP contribution in [0.25, 0.3) is 0 Å². The minimum absolute atomic E-state index is 0.199. The van der Waals surface area contributed by atoms with E-state index in [0.29, 0.717) is 0 Å². The molecule has 42 heteroatoms. The largest absolute Gasteiger partial charge is 0.510 e. The number of carbonyl (C=O) groups is 15. The molecule has 6 aliphatic rings. The van der Waals surface area contributed by atoms with E-state index in [2.05, 4.69) is 16.0 Å². The number of esters is 9. The van der Waals surface area contributed by atoms with Gasteiger partial charge >= 0.3 is 59.8 Å². The number of aliphatic hydroxyl groups is 3. The summed E-state index contributed by atoms with van der Waals surface area (Å²) in [6, 6.07) is -3.99. The Kier molecular flexibility index (Phi) is 27.9. The average Bonchev–Trinajstić information content (AvgIpc) is 0.906. The molecule has 0 spiro atoms.